The Morgan fingerprint density at radius 1 is 1.24 bits per heavy atom. The van der Waals surface area contributed by atoms with Gasteiger partial charge >= 0.3 is 0 Å². The largest absolute Gasteiger partial charge is 0.348 e. The number of amides is 1. The molecule has 0 aliphatic carbocycles. The van der Waals surface area contributed by atoms with Crippen LogP contribution in [-0.4, -0.2) is 31.9 Å². The summed E-state index contributed by atoms with van der Waals surface area (Å²) in [5.41, 5.74) is 3.37. The van der Waals surface area contributed by atoms with Crippen LogP contribution in [0.25, 0.3) is 22.4 Å². The predicted octanol–water partition coefficient (Wildman–Crippen LogP) is 3.66. The Morgan fingerprint density at radius 3 is 2.69 bits per heavy atom. The molecule has 0 aliphatic heterocycles. The summed E-state index contributed by atoms with van der Waals surface area (Å²) < 4.78 is 20.4. The highest BCUT2D eigenvalue weighted by molar-refractivity contribution is 6.07. The van der Waals surface area contributed by atoms with Crippen LogP contribution in [0.4, 0.5) is 4.39 Å². The highest BCUT2D eigenvalue weighted by Crippen LogP contribution is 2.27. The van der Waals surface area contributed by atoms with Crippen LogP contribution in [0.1, 0.15) is 28.7 Å². The van der Waals surface area contributed by atoms with E-state index >= 15 is 0 Å². The van der Waals surface area contributed by atoms with Crippen LogP contribution < -0.4 is 5.32 Å². The van der Waals surface area contributed by atoms with E-state index in [4.69, 9.17) is 4.52 Å². The van der Waals surface area contributed by atoms with Crippen molar-refractivity contribution in [3.8, 4) is 11.3 Å². The molecule has 0 fully saturated rings. The first-order valence-electron chi connectivity index (χ1n) is 9.24. The van der Waals surface area contributed by atoms with Gasteiger partial charge in [0.2, 0.25) is 0 Å². The highest BCUT2D eigenvalue weighted by Gasteiger charge is 2.20. The minimum Gasteiger partial charge on any atom is -0.348 e. The number of pyridine rings is 1. The van der Waals surface area contributed by atoms with Gasteiger partial charge in [-0.2, -0.15) is 5.10 Å². The topological polar surface area (TPSA) is 85.8 Å². The number of carbonyl (C=O) groups is 1. The van der Waals surface area contributed by atoms with E-state index in [0.29, 0.717) is 34.4 Å². The molecule has 4 rings (SSSR count). The SMILES string of the molecule is Cc1ccn(C[C@H](C)NC(=O)c2cc(-c3ccc(F)cc3)nc3onc(C)c23)n1. The maximum Gasteiger partial charge on any atom is 0.259 e. The van der Waals surface area contributed by atoms with Crippen LogP contribution in [0, 0.1) is 19.7 Å². The molecule has 0 saturated heterocycles. The zero-order chi connectivity index (χ0) is 20.5. The highest BCUT2D eigenvalue weighted by atomic mass is 19.1. The molecule has 0 saturated carbocycles. The van der Waals surface area contributed by atoms with E-state index in [0.717, 1.165) is 5.69 Å². The maximum absolute atomic E-state index is 13.3. The van der Waals surface area contributed by atoms with Gasteiger partial charge in [-0.05, 0) is 57.2 Å². The standard InChI is InChI=1S/C21H20FN5O2/c1-12-8-9-27(25-12)11-13(2)23-20(28)17-10-18(15-4-6-16(22)7-5-15)24-21-19(17)14(3)26-29-21/h4-10,13H,11H2,1-3H3,(H,23,28)/t13-/m0/s1. The number of nitrogens with one attached hydrogen (secondary N) is 1. The molecule has 0 spiro atoms. The first-order chi connectivity index (χ1) is 13.9. The van der Waals surface area contributed by atoms with Crippen molar-refractivity contribution < 1.29 is 13.7 Å². The monoisotopic (exact) mass is 393 g/mol. The van der Waals surface area contributed by atoms with E-state index in [1.54, 1.807) is 29.8 Å². The van der Waals surface area contributed by atoms with Crippen molar-refractivity contribution in [2.24, 2.45) is 0 Å². The van der Waals surface area contributed by atoms with Crippen LogP contribution >= 0.6 is 0 Å². The molecule has 1 amide bonds. The quantitative estimate of drug-likeness (QED) is 0.559. The van der Waals surface area contributed by atoms with Crippen molar-refractivity contribution in [3.05, 3.63) is 65.4 Å². The number of carbonyl (C=O) groups excluding carboxylic acids is 1. The van der Waals surface area contributed by atoms with E-state index in [-0.39, 0.29) is 23.5 Å². The molecule has 0 radical (unpaired) electrons. The summed E-state index contributed by atoms with van der Waals surface area (Å²) in [6.07, 6.45) is 1.87. The number of aromatic nitrogens is 4. The number of halogens is 1. The zero-order valence-corrected chi connectivity index (χ0v) is 16.3. The van der Waals surface area contributed by atoms with E-state index in [1.165, 1.54) is 12.1 Å². The van der Waals surface area contributed by atoms with E-state index in [1.807, 2.05) is 26.1 Å². The van der Waals surface area contributed by atoms with Crippen LogP contribution in [0.3, 0.4) is 0 Å². The molecule has 3 heterocycles. The molecule has 0 unspecified atom stereocenters. The summed E-state index contributed by atoms with van der Waals surface area (Å²) >= 11 is 0. The Morgan fingerprint density at radius 2 is 2.00 bits per heavy atom. The first-order valence-corrected chi connectivity index (χ1v) is 9.24. The molecule has 3 aromatic heterocycles. The number of nitrogens with zero attached hydrogens (tertiary/aromatic N) is 4. The van der Waals surface area contributed by atoms with Crippen molar-refractivity contribution in [1.82, 2.24) is 25.2 Å². The average molecular weight is 393 g/mol. The van der Waals surface area contributed by atoms with E-state index < -0.39 is 0 Å². The average Bonchev–Trinajstić information content (AvgIpc) is 3.27. The van der Waals surface area contributed by atoms with Crippen molar-refractivity contribution >= 4 is 17.0 Å². The third kappa shape index (κ3) is 3.87. The number of hydrogen-bond acceptors (Lipinski definition) is 5. The second-order valence-corrected chi connectivity index (χ2v) is 7.06. The second kappa shape index (κ2) is 7.46. The molecular formula is C21H20FN5O2. The Kier molecular flexibility index (Phi) is 4.84. The van der Waals surface area contributed by atoms with Gasteiger partial charge in [-0.1, -0.05) is 5.16 Å². The lowest BCUT2D eigenvalue weighted by Gasteiger charge is -2.15. The predicted molar refractivity (Wildman–Crippen MR) is 106 cm³/mol. The molecule has 1 N–H and O–H groups in total. The molecule has 0 aliphatic rings. The Balaban J connectivity index is 1.66. The maximum atomic E-state index is 13.3. The fraction of sp³-hybridized carbons (Fsp3) is 0.238. The molecule has 8 heteroatoms. The fourth-order valence-corrected chi connectivity index (χ4v) is 3.23. The lowest BCUT2D eigenvalue weighted by atomic mass is 10.0. The lowest BCUT2D eigenvalue weighted by molar-refractivity contribution is 0.0937. The molecule has 1 aromatic carbocycles. The number of hydrogen-bond donors (Lipinski definition) is 1. The van der Waals surface area contributed by atoms with Gasteiger partial charge in [-0.15, -0.1) is 0 Å². The number of fused-ring (bicyclic) bond motifs is 1. The van der Waals surface area contributed by atoms with Crippen molar-refractivity contribution in [3.63, 3.8) is 0 Å². The van der Waals surface area contributed by atoms with Gasteiger partial charge in [0.25, 0.3) is 11.6 Å². The minimum absolute atomic E-state index is 0.153. The van der Waals surface area contributed by atoms with Crippen LogP contribution in [0.5, 0.6) is 0 Å². The summed E-state index contributed by atoms with van der Waals surface area (Å²) in [6, 6.07) is 9.35. The lowest BCUT2D eigenvalue weighted by Crippen LogP contribution is -2.36. The number of aryl methyl sites for hydroxylation is 2. The summed E-state index contributed by atoms with van der Waals surface area (Å²) in [5.74, 6) is -0.602. The minimum atomic E-state index is -0.342. The molecular weight excluding hydrogens is 373 g/mol. The number of rotatable bonds is 5. The molecule has 7 nitrogen and oxygen atoms in total. The molecule has 4 aromatic rings. The summed E-state index contributed by atoms with van der Waals surface area (Å²) in [4.78, 5) is 17.5. The fourth-order valence-electron chi connectivity index (χ4n) is 3.23. The normalized spacial score (nSPS) is 12.3. The third-order valence-corrected chi connectivity index (χ3v) is 4.61. The van der Waals surface area contributed by atoms with Gasteiger partial charge in [0.15, 0.2) is 0 Å². The van der Waals surface area contributed by atoms with Gasteiger partial charge in [0.1, 0.15) is 5.82 Å². The van der Waals surface area contributed by atoms with Crippen LogP contribution in [0.2, 0.25) is 0 Å². The summed E-state index contributed by atoms with van der Waals surface area (Å²) in [7, 11) is 0. The van der Waals surface area contributed by atoms with E-state index in [2.05, 4.69) is 20.6 Å². The third-order valence-electron chi connectivity index (χ3n) is 4.61. The smallest absolute Gasteiger partial charge is 0.259 e. The van der Waals surface area contributed by atoms with Gasteiger partial charge in [0, 0.05) is 17.8 Å². The van der Waals surface area contributed by atoms with E-state index in [9.17, 15) is 9.18 Å². The van der Waals surface area contributed by atoms with Crippen molar-refractivity contribution in [1.29, 1.82) is 0 Å². The van der Waals surface area contributed by atoms with Crippen LogP contribution in [-0.2, 0) is 6.54 Å². The molecule has 148 valence electrons. The van der Waals surface area contributed by atoms with Gasteiger partial charge in [-0.3, -0.25) is 9.48 Å². The zero-order valence-electron chi connectivity index (χ0n) is 16.3. The Hall–Kier alpha value is -3.55. The molecule has 0 bridgehead atoms. The van der Waals surface area contributed by atoms with Crippen LogP contribution in [0.15, 0.2) is 47.1 Å². The first kappa shape index (κ1) is 18.8. The van der Waals surface area contributed by atoms with Crippen molar-refractivity contribution in [2.75, 3.05) is 0 Å². The summed E-state index contributed by atoms with van der Waals surface area (Å²) in [5, 5.41) is 11.9. The van der Waals surface area contributed by atoms with Gasteiger partial charge in [-0.25, -0.2) is 9.37 Å². The second-order valence-electron chi connectivity index (χ2n) is 7.06. The van der Waals surface area contributed by atoms with Gasteiger partial charge < -0.3 is 9.84 Å². The Labute approximate surface area is 166 Å². The Bertz CT molecular complexity index is 1180. The molecule has 1 atom stereocenters. The van der Waals surface area contributed by atoms with Gasteiger partial charge in [0.05, 0.1) is 34.6 Å². The summed E-state index contributed by atoms with van der Waals surface area (Å²) in [6.45, 7) is 6.13. The van der Waals surface area contributed by atoms with Crippen molar-refractivity contribution in [2.45, 2.75) is 33.4 Å². The molecule has 29 heavy (non-hydrogen) atoms. The number of benzene rings is 1.